The zero-order chi connectivity index (χ0) is 17.2. The van der Waals surface area contributed by atoms with E-state index in [2.05, 4.69) is 11.9 Å². The summed E-state index contributed by atoms with van der Waals surface area (Å²) in [4.78, 5) is 25.7. The highest BCUT2D eigenvalue weighted by molar-refractivity contribution is 5.88. The Labute approximate surface area is 141 Å². The van der Waals surface area contributed by atoms with Crippen molar-refractivity contribution in [2.75, 3.05) is 13.1 Å². The van der Waals surface area contributed by atoms with Crippen LogP contribution in [0.3, 0.4) is 0 Å². The maximum atomic E-state index is 15.1. The van der Waals surface area contributed by atoms with Crippen molar-refractivity contribution in [1.29, 1.82) is 0 Å². The van der Waals surface area contributed by atoms with Gasteiger partial charge in [0.2, 0.25) is 5.91 Å². The number of carbonyl (C=O) groups is 2. The number of amides is 2. The van der Waals surface area contributed by atoms with Crippen LogP contribution < -0.4 is 5.32 Å². The molecule has 0 spiro atoms. The number of hydrogen-bond donors (Lipinski definition) is 1. The molecule has 5 heteroatoms. The topological polar surface area (TPSA) is 49.4 Å². The minimum atomic E-state index is -1.90. The van der Waals surface area contributed by atoms with Crippen molar-refractivity contribution in [3.8, 4) is 0 Å². The molecule has 3 rings (SSSR count). The van der Waals surface area contributed by atoms with E-state index in [1.807, 2.05) is 30.3 Å². The van der Waals surface area contributed by atoms with Gasteiger partial charge in [-0.3, -0.25) is 9.59 Å². The summed E-state index contributed by atoms with van der Waals surface area (Å²) in [6.07, 6.45) is 3.40. The van der Waals surface area contributed by atoms with Crippen LogP contribution in [0.15, 0.2) is 43.0 Å². The monoisotopic (exact) mass is 330 g/mol. The molecule has 1 aliphatic carbocycles. The summed E-state index contributed by atoms with van der Waals surface area (Å²) in [7, 11) is 0. The Balaban J connectivity index is 1.65. The predicted octanol–water partition coefficient (Wildman–Crippen LogP) is 2.77. The SMILES string of the molecule is C=CC(=O)N1CCC(F)(C(=O)NC(c2ccccc2)C2CC2)CC1. The first-order valence-electron chi connectivity index (χ1n) is 8.50. The number of rotatable bonds is 5. The molecule has 0 bridgehead atoms. The summed E-state index contributed by atoms with van der Waals surface area (Å²) in [5.41, 5.74) is -0.879. The second-order valence-electron chi connectivity index (χ2n) is 6.69. The smallest absolute Gasteiger partial charge is 0.258 e. The van der Waals surface area contributed by atoms with Crippen molar-refractivity contribution in [2.24, 2.45) is 5.92 Å². The van der Waals surface area contributed by atoms with Crippen molar-refractivity contribution in [1.82, 2.24) is 10.2 Å². The van der Waals surface area contributed by atoms with Gasteiger partial charge in [0.15, 0.2) is 5.67 Å². The number of nitrogens with zero attached hydrogens (tertiary/aromatic N) is 1. The van der Waals surface area contributed by atoms with Crippen LogP contribution in [0.1, 0.15) is 37.3 Å². The lowest BCUT2D eigenvalue weighted by Crippen LogP contribution is -2.52. The van der Waals surface area contributed by atoms with Crippen LogP contribution in [0.25, 0.3) is 0 Å². The number of alkyl halides is 1. The average Bonchev–Trinajstić information content (AvgIpc) is 3.45. The molecule has 24 heavy (non-hydrogen) atoms. The summed E-state index contributed by atoms with van der Waals surface area (Å²) in [5, 5.41) is 2.93. The van der Waals surface area contributed by atoms with Crippen molar-refractivity contribution >= 4 is 11.8 Å². The lowest BCUT2D eigenvalue weighted by Gasteiger charge is -2.36. The van der Waals surface area contributed by atoms with Gasteiger partial charge in [-0.05, 0) is 30.4 Å². The molecule has 1 aromatic rings. The van der Waals surface area contributed by atoms with E-state index < -0.39 is 11.6 Å². The molecule has 1 saturated carbocycles. The van der Waals surface area contributed by atoms with Gasteiger partial charge in [0.05, 0.1) is 6.04 Å². The van der Waals surface area contributed by atoms with E-state index in [1.165, 1.54) is 11.0 Å². The Bertz CT molecular complexity index is 620. The lowest BCUT2D eigenvalue weighted by molar-refractivity contribution is -0.140. The molecule has 1 aromatic carbocycles. The van der Waals surface area contributed by atoms with Gasteiger partial charge in [-0.25, -0.2) is 4.39 Å². The normalized spacial score (nSPS) is 21.0. The fourth-order valence-corrected chi connectivity index (χ4v) is 3.27. The molecule has 1 heterocycles. The summed E-state index contributed by atoms with van der Waals surface area (Å²) in [6.45, 7) is 3.93. The van der Waals surface area contributed by atoms with Gasteiger partial charge in [-0.15, -0.1) is 0 Å². The Morgan fingerprint density at radius 2 is 1.88 bits per heavy atom. The Morgan fingerprint density at radius 1 is 1.25 bits per heavy atom. The summed E-state index contributed by atoms with van der Waals surface area (Å²) in [5.74, 6) is -0.367. The second kappa shape index (κ2) is 6.75. The zero-order valence-corrected chi connectivity index (χ0v) is 13.7. The summed E-state index contributed by atoms with van der Waals surface area (Å²) < 4.78 is 15.1. The minimum Gasteiger partial charge on any atom is -0.346 e. The van der Waals surface area contributed by atoms with Crippen LogP contribution in [-0.4, -0.2) is 35.5 Å². The lowest BCUT2D eigenvalue weighted by atomic mass is 9.91. The molecule has 1 N–H and O–H groups in total. The van der Waals surface area contributed by atoms with Crippen LogP contribution in [0.2, 0.25) is 0 Å². The number of likely N-dealkylation sites (tertiary alicyclic amines) is 1. The molecule has 0 radical (unpaired) electrons. The third-order valence-corrected chi connectivity index (χ3v) is 4.99. The maximum Gasteiger partial charge on any atom is 0.258 e. The quantitative estimate of drug-likeness (QED) is 0.844. The molecule has 2 fully saturated rings. The molecule has 1 saturated heterocycles. The van der Waals surface area contributed by atoms with Crippen molar-refractivity contribution in [3.63, 3.8) is 0 Å². The van der Waals surface area contributed by atoms with E-state index in [0.717, 1.165) is 18.4 Å². The number of piperidine rings is 1. The fraction of sp³-hybridized carbons (Fsp3) is 0.474. The first-order chi connectivity index (χ1) is 11.5. The van der Waals surface area contributed by atoms with Gasteiger partial charge >= 0.3 is 0 Å². The van der Waals surface area contributed by atoms with E-state index in [1.54, 1.807) is 0 Å². The first-order valence-corrected chi connectivity index (χ1v) is 8.50. The van der Waals surface area contributed by atoms with Crippen LogP contribution in [0.4, 0.5) is 4.39 Å². The molecule has 1 aliphatic heterocycles. The maximum absolute atomic E-state index is 15.1. The van der Waals surface area contributed by atoms with Crippen LogP contribution >= 0.6 is 0 Å². The van der Waals surface area contributed by atoms with E-state index in [4.69, 9.17) is 0 Å². The largest absolute Gasteiger partial charge is 0.346 e. The molecule has 128 valence electrons. The number of benzene rings is 1. The highest BCUT2D eigenvalue weighted by Crippen LogP contribution is 2.41. The Morgan fingerprint density at radius 3 is 2.42 bits per heavy atom. The van der Waals surface area contributed by atoms with Crippen molar-refractivity contribution < 1.29 is 14.0 Å². The number of nitrogens with one attached hydrogen (secondary N) is 1. The molecular weight excluding hydrogens is 307 g/mol. The van der Waals surface area contributed by atoms with E-state index in [0.29, 0.717) is 5.92 Å². The third-order valence-electron chi connectivity index (χ3n) is 4.99. The van der Waals surface area contributed by atoms with Crippen molar-refractivity contribution in [2.45, 2.75) is 37.4 Å². The molecule has 1 unspecified atom stereocenters. The van der Waals surface area contributed by atoms with Gasteiger partial charge in [0, 0.05) is 25.9 Å². The Kier molecular flexibility index (Phi) is 4.69. The molecule has 2 aliphatic rings. The average molecular weight is 330 g/mol. The summed E-state index contributed by atoms with van der Waals surface area (Å²) in [6, 6.07) is 9.61. The van der Waals surface area contributed by atoms with Crippen LogP contribution in [0.5, 0.6) is 0 Å². The standard InChI is InChI=1S/C19H23FN2O2/c1-2-16(23)22-12-10-19(20,11-13-22)18(24)21-17(15-8-9-15)14-6-4-3-5-7-14/h2-7,15,17H,1,8-13H2,(H,21,24). The second-order valence-corrected chi connectivity index (χ2v) is 6.69. The van der Waals surface area contributed by atoms with Gasteiger partial charge in [-0.1, -0.05) is 36.9 Å². The first kappa shape index (κ1) is 16.7. The van der Waals surface area contributed by atoms with Crippen LogP contribution in [0, 0.1) is 5.92 Å². The fourth-order valence-electron chi connectivity index (χ4n) is 3.27. The number of carbonyl (C=O) groups excluding carboxylic acids is 2. The van der Waals surface area contributed by atoms with E-state index in [9.17, 15) is 9.59 Å². The highest BCUT2D eigenvalue weighted by atomic mass is 19.1. The Hall–Kier alpha value is -2.17. The molecule has 1 atom stereocenters. The molecule has 2 amide bonds. The van der Waals surface area contributed by atoms with Gasteiger partial charge in [0.1, 0.15) is 0 Å². The number of hydrogen-bond acceptors (Lipinski definition) is 2. The van der Waals surface area contributed by atoms with Crippen LogP contribution in [-0.2, 0) is 9.59 Å². The number of halogens is 1. The summed E-state index contributed by atoms with van der Waals surface area (Å²) >= 11 is 0. The third kappa shape index (κ3) is 3.50. The zero-order valence-electron chi connectivity index (χ0n) is 13.7. The van der Waals surface area contributed by atoms with E-state index in [-0.39, 0.29) is 37.9 Å². The molecule has 4 nitrogen and oxygen atoms in total. The van der Waals surface area contributed by atoms with E-state index >= 15 is 4.39 Å². The highest BCUT2D eigenvalue weighted by Gasteiger charge is 2.44. The molecule has 0 aromatic heterocycles. The predicted molar refractivity (Wildman–Crippen MR) is 89.9 cm³/mol. The van der Waals surface area contributed by atoms with Gasteiger partial charge in [0.25, 0.3) is 5.91 Å². The molecular formula is C19H23FN2O2. The minimum absolute atomic E-state index is 0.0323. The van der Waals surface area contributed by atoms with Crippen molar-refractivity contribution in [3.05, 3.63) is 48.6 Å². The van der Waals surface area contributed by atoms with Gasteiger partial charge < -0.3 is 10.2 Å². The van der Waals surface area contributed by atoms with Gasteiger partial charge in [-0.2, -0.15) is 0 Å².